The summed E-state index contributed by atoms with van der Waals surface area (Å²) < 4.78 is 0. The van der Waals surface area contributed by atoms with E-state index in [4.69, 9.17) is 0 Å². The third kappa shape index (κ3) is 4.47. The Bertz CT molecular complexity index is 490. The van der Waals surface area contributed by atoms with Crippen LogP contribution in [0, 0.1) is 0 Å². The lowest BCUT2D eigenvalue weighted by atomic mass is 9.82. The molecule has 0 radical (unpaired) electrons. The van der Waals surface area contributed by atoms with Crippen molar-refractivity contribution in [2.24, 2.45) is 0 Å². The Morgan fingerprint density at radius 1 is 1.09 bits per heavy atom. The lowest BCUT2D eigenvalue weighted by molar-refractivity contribution is -0.137. The van der Waals surface area contributed by atoms with Crippen LogP contribution in [-0.4, -0.2) is 42.7 Å². The summed E-state index contributed by atoms with van der Waals surface area (Å²) in [6.45, 7) is 0.586. The molecule has 0 atom stereocenters. The lowest BCUT2D eigenvalue weighted by Crippen LogP contribution is -2.39. The number of carbonyl (C=O) groups is 1. The molecular weight excluding hydrogens is 276 g/mol. The van der Waals surface area contributed by atoms with E-state index in [9.17, 15) is 9.90 Å². The maximum atomic E-state index is 12.4. The zero-order valence-corrected chi connectivity index (χ0v) is 14.0. The van der Waals surface area contributed by atoms with Gasteiger partial charge in [-0.15, -0.1) is 0 Å². The molecule has 1 aromatic rings. The maximum Gasteiger partial charge on any atom is 0.225 e. The van der Waals surface area contributed by atoms with Crippen LogP contribution in [0.25, 0.3) is 0 Å². The van der Waals surface area contributed by atoms with Crippen molar-refractivity contribution in [3.05, 3.63) is 29.8 Å². The average Bonchev–Trinajstić information content (AvgIpc) is 2.48. The molecule has 1 fully saturated rings. The van der Waals surface area contributed by atoms with Crippen LogP contribution in [0.2, 0.25) is 0 Å². The number of rotatable bonds is 5. The van der Waals surface area contributed by atoms with Gasteiger partial charge in [-0.25, -0.2) is 0 Å². The van der Waals surface area contributed by atoms with Crippen molar-refractivity contribution in [2.75, 3.05) is 26.0 Å². The second-order valence-electron chi connectivity index (χ2n) is 6.77. The molecule has 4 nitrogen and oxygen atoms in total. The van der Waals surface area contributed by atoms with Gasteiger partial charge in [-0.2, -0.15) is 0 Å². The molecule has 0 aromatic heterocycles. The van der Waals surface area contributed by atoms with Crippen LogP contribution in [0.3, 0.4) is 0 Å². The van der Waals surface area contributed by atoms with Gasteiger partial charge < -0.3 is 14.9 Å². The Balaban J connectivity index is 1.90. The van der Waals surface area contributed by atoms with Crippen molar-refractivity contribution >= 4 is 11.6 Å². The van der Waals surface area contributed by atoms with Crippen molar-refractivity contribution < 1.29 is 9.90 Å². The number of nitrogens with zero attached hydrogens (tertiary/aromatic N) is 2. The fourth-order valence-electron chi connectivity index (χ4n) is 3.06. The maximum absolute atomic E-state index is 12.4. The van der Waals surface area contributed by atoms with Gasteiger partial charge in [-0.1, -0.05) is 31.4 Å². The first-order chi connectivity index (χ1) is 10.4. The zero-order chi connectivity index (χ0) is 16.2. The van der Waals surface area contributed by atoms with E-state index in [1.807, 2.05) is 21.1 Å². The molecule has 0 bridgehead atoms. The molecule has 2 rings (SSSR count). The first-order valence-corrected chi connectivity index (χ1v) is 8.12. The van der Waals surface area contributed by atoms with Crippen LogP contribution in [-0.2, 0) is 11.3 Å². The van der Waals surface area contributed by atoms with Gasteiger partial charge in [0.25, 0.3) is 0 Å². The second-order valence-corrected chi connectivity index (χ2v) is 6.77. The molecule has 1 aromatic carbocycles. The molecule has 22 heavy (non-hydrogen) atoms. The summed E-state index contributed by atoms with van der Waals surface area (Å²) >= 11 is 0. The first-order valence-electron chi connectivity index (χ1n) is 8.12. The number of benzene rings is 1. The van der Waals surface area contributed by atoms with Gasteiger partial charge in [-0.3, -0.25) is 4.79 Å². The number of hydrogen-bond donors (Lipinski definition) is 1. The van der Waals surface area contributed by atoms with E-state index in [1.165, 1.54) is 6.42 Å². The van der Waals surface area contributed by atoms with Gasteiger partial charge in [0.1, 0.15) is 0 Å². The van der Waals surface area contributed by atoms with Gasteiger partial charge in [-0.05, 0) is 30.5 Å². The van der Waals surface area contributed by atoms with Crippen molar-refractivity contribution in [3.8, 4) is 0 Å². The minimum Gasteiger partial charge on any atom is -0.389 e. The normalized spacial score (nSPS) is 17.1. The van der Waals surface area contributed by atoms with Crippen LogP contribution in [0.4, 0.5) is 5.69 Å². The third-order valence-corrected chi connectivity index (χ3v) is 4.56. The summed E-state index contributed by atoms with van der Waals surface area (Å²) in [5.74, 6) is 0.0288. The smallest absolute Gasteiger partial charge is 0.225 e. The van der Waals surface area contributed by atoms with Crippen molar-refractivity contribution in [1.82, 2.24) is 4.90 Å². The van der Waals surface area contributed by atoms with Crippen LogP contribution >= 0.6 is 0 Å². The van der Waals surface area contributed by atoms with Gasteiger partial charge in [0.2, 0.25) is 5.91 Å². The van der Waals surface area contributed by atoms with E-state index in [0.29, 0.717) is 6.54 Å². The molecule has 0 aliphatic heterocycles. The van der Waals surface area contributed by atoms with Gasteiger partial charge in [0.05, 0.1) is 12.0 Å². The molecule has 1 aliphatic rings. The number of amides is 1. The second kappa shape index (κ2) is 7.14. The first kappa shape index (κ1) is 16.8. The minimum absolute atomic E-state index is 0.0288. The van der Waals surface area contributed by atoms with E-state index in [1.54, 1.807) is 4.90 Å². The Kier molecular flexibility index (Phi) is 5.46. The molecule has 4 heteroatoms. The van der Waals surface area contributed by atoms with E-state index < -0.39 is 5.60 Å². The molecular formula is C18H28N2O2. The van der Waals surface area contributed by atoms with Gasteiger partial charge in [0, 0.05) is 33.4 Å². The summed E-state index contributed by atoms with van der Waals surface area (Å²) in [6.07, 6.45) is 4.98. The van der Waals surface area contributed by atoms with Crippen LogP contribution in [0.5, 0.6) is 0 Å². The highest BCUT2D eigenvalue weighted by molar-refractivity contribution is 5.77. The summed E-state index contributed by atoms with van der Waals surface area (Å²) in [6, 6.07) is 8.22. The summed E-state index contributed by atoms with van der Waals surface area (Å²) in [7, 11) is 5.83. The zero-order valence-electron chi connectivity index (χ0n) is 14.0. The van der Waals surface area contributed by atoms with E-state index in [0.717, 1.165) is 36.9 Å². The Labute approximate surface area is 133 Å². The predicted octanol–water partition coefficient (Wildman–Crippen LogP) is 2.80. The van der Waals surface area contributed by atoms with Crippen LogP contribution in [0.15, 0.2) is 24.3 Å². The molecule has 1 saturated carbocycles. The van der Waals surface area contributed by atoms with Crippen molar-refractivity contribution in [2.45, 2.75) is 50.7 Å². The minimum atomic E-state index is -0.779. The van der Waals surface area contributed by atoms with Crippen LogP contribution in [0.1, 0.15) is 44.1 Å². The molecule has 1 amide bonds. The highest BCUT2D eigenvalue weighted by Crippen LogP contribution is 2.31. The highest BCUT2D eigenvalue weighted by Gasteiger charge is 2.32. The molecule has 0 unspecified atom stereocenters. The number of aliphatic hydroxyl groups is 1. The molecule has 122 valence electrons. The predicted molar refractivity (Wildman–Crippen MR) is 89.9 cm³/mol. The third-order valence-electron chi connectivity index (χ3n) is 4.56. The summed E-state index contributed by atoms with van der Waals surface area (Å²) in [5, 5.41) is 10.5. The SMILES string of the molecule is CN(Cc1ccc(N(C)C)cc1)C(=O)CC1(O)CCCCC1. The Morgan fingerprint density at radius 3 is 2.23 bits per heavy atom. The van der Waals surface area contributed by atoms with E-state index >= 15 is 0 Å². The van der Waals surface area contributed by atoms with Crippen molar-refractivity contribution in [1.29, 1.82) is 0 Å². The Morgan fingerprint density at radius 2 is 1.68 bits per heavy atom. The fraction of sp³-hybridized carbons (Fsp3) is 0.611. The largest absolute Gasteiger partial charge is 0.389 e. The monoisotopic (exact) mass is 304 g/mol. The molecule has 0 saturated heterocycles. The quantitative estimate of drug-likeness (QED) is 0.909. The topological polar surface area (TPSA) is 43.8 Å². The molecule has 1 aliphatic carbocycles. The van der Waals surface area contributed by atoms with Gasteiger partial charge in [0.15, 0.2) is 0 Å². The number of carbonyl (C=O) groups excluding carboxylic acids is 1. The Hall–Kier alpha value is -1.55. The van der Waals surface area contributed by atoms with Gasteiger partial charge >= 0.3 is 0 Å². The number of anilines is 1. The summed E-state index contributed by atoms with van der Waals surface area (Å²) in [4.78, 5) is 16.1. The number of hydrogen-bond acceptors (Lipinski definition) is 3. The van der Waals surface area contributed by atoms with E-state index in [-0.39, 0.29) is 12.3 Å². The van der Waals surface area contributed by atoms with E-state index in [2.05, 4.69) is 29.2 Å². The lowest BCUT2D eigenvalue weighted by Gasteiger charge is -2.33. The summed E-state index contributed by atoms with van der Waals surface area (Å²) in [5.41, 5.74) is 1.48. The molecule has 1 N–H and O–H groups in total. The molecule has 0 spiro atoms. The average molecular weight is 304 g/mol. The standard InChI is InChI=1S/C18H28N2O2/c1-19(2)16-9-7-15(8-10-16)14-20(3)17(21)13-18(22)11-5-4-6-12-18/h7-10,22H,4-6,11-14H2,1-3H3. The van der Waals surface area contributed by atoms with Crippen LogP contribution < -0.4 is 4.90 Å². The fourth-order valence-corrected chi connectivity index (χ4v) is 3.06. The highest BCUT2D eigenvalue weighted by atomic mass is 16.3. The molecule has 0 heterocycles. The van der Waals surface area contributed by atoms with Crippen molar-refractivity contribution in [3.63, 3.8) is 0 Å².